The maximum atomic E-state index is 12.9. The molecule has 4 rings (SSSR count). The van der Waals surface area contributed by atoms with E-state index in [9.17, 15) is 4.79 Å². The van der Waals surface area contributed by atoms with Crippen molar-refractivity contribution in [2.75, 3.05) is 6.54 Å². The van der Waals surface area contributed by atoms with Gasteiger partial charge in [0.05, 0.1) is 12.1 Å². The molecule has 1 N–H and O–H groups in total. The minimum atomic E-state index is 0.0956. The van der Waals surface area contributed by atoms with Gasteiger partial charge in [0.1, 0.15) is 11.6 Å². The molecule has 5 nitrogen and oxygen atoms in total. The lowest BCUT2D eigenvalue weighted by atomic mass is 10.00. The molecule has 1 unspecified atom stereocenters. The lowest BCUT2D eigenvalue weighted by molar-refractivity contribution is -0.135. The molecule has 1 saturated carbocycles. The number of nitrogens with zero attached hydrogens (tertiary/aromatic N) is 2. The van der Waals surface area contributed by atoms with Crippen molar-refractivity contribution in [3.63, 3.8) is 0 Å². The maximum absolute atomic E-state index is 12.9. The predicted molar refractivity (Wildman–Crippen MR) is 105 cm³/mol. The summed E-state index contributed by atoms with van der Waals surface area (Å²) in [6, 6.07) is 8.36. The van der Waals surface area contributed by atoms with Crippen LogP contribution in [0.3, 0.4) is 0 Å². The van der Waals surface area contributed by atoms with E-state index >= 15 is 0 Å². The van der Waals surface area contributed by atoms with Gasteiger partial charge in [0.2, 0.25) is 5.91 Å². The molecule has 0 bridgehead atoms. The van der Waals surface area contributed by atoms with Crippen LogP contribution < -0.4 is 4.74 Å². The summed E-state index contributed by atoms with van der Waals surface area (Å²) >= 11 is 0. The van der Waals surface area contributed by atoms with Crippen LogP contribution in [0.1, 0.15) is 68.8 Å². The number of rotatable bonds is 6. The number of hydrogen-bond acceptors (Lipinski definition) is 3. The van der Waals surface area contributed by atoms with Crippen molar-refractivity contribution in [3.05, 3.63) is 48.0 Å². The van der Waals surface area contributed by atoms with Crippen LogP contribution in [0.5, 0.6) is 5.75 Å². The van der Waals surface area contributed by atoms with Gasteiger partial charge in [0.15, 0.2) is 0 Å². The molecule has 144 valence electrons. The van der Waals surface area contributed by atoms with Crippen LogP contribution in [0.15, 0.2) is 36.7 Å². The van der Waals surface area contributed by atoms with Crippen LogP contribution in [0.2, 0.25) is 0 Å². The van der Waals surface area contributed by atoms with Crippen molar-refractivity contribution >= 4 is 5.91 Å². The molecule has 0 radical (unpaired) electrons. The number of aromatic amines is 1. The highest BCUT2D eigenvalue weighted by Gasteiger charge is 2.29. The van der Waals surface area contributed by atoms with E-state index in [0.29, 0.717) is 12.5 Å². The van der Waals surface area contributed by atoms with Crippen LogP contribution in [-0.2, 0) is 11.2 Å². The molecule has 1 aromatic carbocycles. The molecule has 1 aliphatic heterocycles. The number of hydrogen-bond donors (Lipinski definition) is 1. The fraction of sp³-hybridized carbons (Fsp3) is 0.545. The summed E-state index contributed by atoms with van der Waals surface area (Å²) in [7, 11) is 0. The Hall–Kier alpha value is -2.30. The zero-order valence-corrected chi connectivity index (χ0v) is 15.9. The van der Waals surface area contributed by atoms with E-state index in [0.717, 1.165) is 56.6 Å². The number of amides is 1. The van der Waals surface area contributed by atoms with E-state index in [4.69, 9.17) is 4.74 Å². The van der Waals surface area contributed by atoms with Crippen LogP contribution in [0.4, 0.5) is 0 Å². The summed E-state index contributed by atoms with van der Waals surface area (Å²) in [6.45, 7) is 0.828. The number of aromatic nitrogens is 2. The van der Waals surface area contributed by atoms with Gasteiger partial charge in [-0.05, 0) is 69.1 Å². The molecule has 1 aromatic heterocycles. The first-order valence-electron chi connectivity index (χ1n) is 10.3. The third-order valence-electron chi connectivity index (χ3n) is 5.79. The van der Waals surface area contributed by atoms with Crippen LogP contribution in [0.25, 0.3) is 0 Å². The van der Waals surface area contributed by atoms with Gasteiger partial charge in [0, 0.05) is 25.4 Å². The highest BCUT2D eigenvalue weighted by molar-refractivity contribution is 5.77. The summed E-state index contributed by atoms with van der Waals surface area (Å²) < 4.78 is 6.10. The minimum absolute atomic E-state index is 0.0956. The number of H-pyrrole nitrogens is 1. The van der Waals surface area contributed by atoms with Gasteiger partial charge in [0.25, 0.3) is 0 Å². The Balaban J connectivity index is 1.35. The second-order valence-electron chi connectivity index (χ2n) is 7.74. The van der Waals surface area contributed by atoms with E-state index in [-0.39, 0.29) is 11.9 Å². The van der Waals surface area contributed by atoms with Gasteiger partial charge >= 0.3 is 0 Å². The summed E-state index contributed by atoms with van der Waals surface area (Å²) in [6.07, 6.45) is 13.3. The highest BCUT2D eigenvalue weighted by Crippen LogP contribution is 2.30. The van der Waals surface area contributed by atoms with Crippen molar-refractivity contribution in [2.24, 2.45) is 0 Å². The second kappa shape index (κ2) is 8.59. The van der Waals surface area contributed by atoms with Crippen molar-refractivity contribution < 1.29 is 9.53 Å². The first-order chi connectivity index (χ1) is 13.3. The van der Waals surface area contributed by atoms with Crippen molar-refractivity contribution in [1.29, 1.82) is 0 Å². The molecule has 1 saturated heterocycles. The third-order valence-corrected chi connectivity index (χ3v) is 5.79. The highest BCUT2D eigenvalue weighted by atomic mass is 16.5. The number of likely N-dealkylation sites (tertiary alicyclic amines) is 1. The number of carbonyl (C=O) groups is 1. The monoisotopic (exact) mass is 367 g/mol. The lowest BCUT2D eigenvalue weighted by Gasteiger charge is -2.34. The van der Waals surface area contributed by atoms with Crippen LogP contribution >= 0.6 is 0 Å². The maximum Gasteiger partial charge on any atom is 0.223 e. The summed E-state index contributed by atoms with van der Waals surface area (Å²) in [5, 5.41) is 0. The summed E-state index contributed by atoms with van der Waals surface area (Å²) in [5.41, 5.74) is 1.17. The van der Waals surface area contributed by atoms with Gasteiger partial charge in [-0.1, -0.05) is 12.1 Å². The number of ether oxygens (including phenoxy) is 1. The number of benzene rings is 1. The van der Waals surface area contributed by atoms with Gasteiger partial charge in [-0.15, -0.1) is 0 Å². The number of piperidine rings is 1. The standard InChI is InChI=1S/C22H29N3O2/c26-21(25-15-4-3-10-20(25)22-23-13-14-24-22)12-11-17-6-5-9-19(16-17)27-18-7-1-2-8-18/h5-6,9,13-14,16,18,20H,1-4,7-8,10-12,15H2,(H,23,24). The zero-order chi connectivity index (χ0) is 18.5. The first-order valence-corrected chi connectivity index (χ1v) is 10.3. The van der Waals surface area contributed by atoms with Crippen molar-refractivity contribution in [2.45, 2.75) is 69.9 Å². The quantitative estimate of drug-likeness (QED) is 0.822. The smallest absolute Gasteiger partial charge is 0.223 e. The Labute approximate surface area is 161 Å². The molecule has 1 amide bonds. The average molecular weight is 367 g/mol. The second-order valence-corrected chi connectivity index (χ2v) is 7.74. The Morgan fingerprint density at radius 1 is 1.19 bits per heavy atom. The predicted octanol–water partition coefficient (Wildman–Crippen LogP) is 4.42. The van der Waals surface area contributed by atoms with Crippen LogP contribution in [-0.4, -0.2) is 33.4 Å². The Bertz CT molecular complexity index is 738. The average Bonchev–Trinajstić information content (AvgIpc) is 3.41. The topological polar surface area (TPSA) is 58.2 Å². The number of carbonyl (C=O) groups excluding carboxylic acids is 1. The lowest BCUT2D eigenvalue weighted by Crippen LogP contribution is -2.39. The molecule has 5 heteroatoms. The fourth-order valence-electron chi connectivity index (χ4n) is 4.34. The Morgan fingerprint density at radius 2 is 2.04 bits per heavy atom. The molecule has 2 aromatic rings. The van der Waals surface area contributed by atoms with Gasteiger partial charge in [-0.3, -0.25) is 4.79 Å². The molecular formula is C22H29N3O2. The largest absolute Gasteiger partial charge is 0.490 e. The van der Waals surface area contributed by atoms with E-state index in [1.807, 2.05) is 23.2 Å². The third kappa shape index (κ3) is 4.52. The van der Waals surface area contributed by atoms with Crippen molar-refractivity contribution in [1.82, 2.24) is 14.9 Å². The minimum Gasteiger partial charge on any atom is -0.490 e. The van der Waals surface area contributed by atoms with E-state index in [2.05, 4.69) is 22.1 Å². The van der Waals surface area contributed by atoms with E-state index in [1.54, 1.807) is 6.20 Å². The number of aryl methyl sites for hydroxylation is 1. The number of nitrogens with one attached hydrogen (secondary N) is 1. The molecule has 1 atom stereocenters. The Morgan fingerprint density at radius 3 is 2.85 bits per heavy atom. The summed E-state index contributed by atoms with van der Waals surface area (Å²) in [5.74, 6) is 2.08. The SMILES string of the molecule is O=C(CCc1cccc(OC2CCCC2)c1)N1CCCCC1c1ncc[nH]1. The van der Waals surface area contributed by atoms with Gasteiger partial charge in [-0.2, -0.15) is 0 Å². The van der Waals surface area contributed by atoms with Crippen LogP contribution in [0, 0.1) is 0 Å². The first kappa shape index (κ1) is 18.1. The zero-order valence-electron chi connectivity index (χ0n) is 15.9. The van der Waals surface area contributed by atoms with E-state index in [1.165, 1.54) is 18.4 Å². The molecule has 2 fully saturated rings. The molecule has 2 aliphatic rings. The molecule has 2 heterocycles. The van der Waals surface area contributed by atoms with Gasteiger partial charge in [-0.25, -0.2) is 4.98 Å². The fourth-order valence-corrected chi connectivity index (χ4v) is 4.34. The normalized spacial score (nSPS) is 20.7. The van der Waals surface area contributed by atoms with Gasteiger partial charge < -0.3 is 14.6 Å². The molecule has 1 aliphatic carbocycles. The van der Waals surface area contributed by atoms with Crippen molar-refractivity contribution in [3.8, 4) is 5.75 Å². The molecule has 27 heavy (non-hydrogen) atoms. The summed E-state index contributed by atoms with van der Waals surface area (Å²) in [4.78, 5) is 22.5. The number of imidazole rings is 1. The van der Waals surface area contributed by atoms with E-state index < -0.39 is 0 Å². The molecular weight excluding hydrogens is 338 g/mol. The molecule has 0 spiro atoms. The Kier molecular flexibility index (Phi) is 5.75.